The van der Waals surface area contributed by atoms with Crippen molar-refractivity contribution in [3.8, 4) is 11.1 Å². The molecular formula is C43H43F2N9O2S. The molecule has 5 aromatic rings. The number of aromatic nitrogens is 5. The van der Waals surface area contributed by atoms with Crippen molar-refractivity contribution < 1.29 is 18.4 Å². The van der Waals surface area contributed by atoms with Crippen LogP contribution in [0.5, 0.6) is 0 Å². The van der Waals surface area contributed by atoms with Crippen LogP contribution in [0, 0.1) is 5.82 Å². The number of anilines is 2. The monoisotopic (exact) mass is 787 g/mol. The lowest BCUT2D eigenvalue weighted by Crippen LogP contribution is -2.51. The Kier molecular flexibility index (Phi) is 10.0. The molecule has 3 aliphatic heterocycles. The van der Waals surface area contributed by atoms with Crippen LogP contribution in [0.25, 0.3) is 22.0 Å². The number of benzene rings is 2. The lowest BCUT2D eigenvalue weighted by atomic mass is 9.89. The third-order valence-electron chi connectivity index (χ3n) is 11.5. The number of rotatable bonds is 9. The molecule has 14 heteroatoms. The van der Waals surface area contributed by atoms with Crippen molar-refractivity contribution in [3.63, 3.8) is 0 Å². The molecule has 6 heterocycles. The van der Waals surface area contributed by atoms with E-state index in [1.165, 1.54) is 22.1 Å². The van der Waals surface area contributed by atoms with Gasteiger partial charge in [0.1, 0.15) is 11.5 Å². The molecule has 1 aliphatic carbocycles. The first-order valence-electron chi connectivity index (χ1n) is 19.5. The molecule has 2 saturated heterocycles. The fourth-order valence-corrected chi connectivity index (χ4v) is 8.86. The molecular weight excluding hydrogens is 745 g/mol. The fourth-order valence-electron chi connectivity index (χ4n) is 8.33. The largest absolute Gasteiger partial charge is 0.371 e. The molecule has 2 fully saturated rings. The minimum Gasteiger partial charge on any atom is -0.371 e. The summed E-state index contributed by atoms with van der Waals surface area (Å²) >= 11 is 1.32. The lowest BCUT2D eigenvalue weighted by molar-refractivity contribution is -0.135. The number of allylic oxidation sites excluding steroid dienone is 7. The Hall–Kier alpha value is -5.89. The van der Waals surface area contributed by atoms with E-state index in [2.05, 4.69) is 29.7 Å². The van der Waals surface area contributed by atoms with Gasteiger partial charge in [0.25, 0.3) is 5.91 Å². The minimum absolute atomic E-state index is 0.0852. The number of likely N-dealkylation sites (tertiary alicyclic amines) is 1. The van der Waals surface area contributed by atoms with Crippen molar-refractivity contribution >= 4 is 44.9 Å². The van der Waals surface area contributed by atoms with Gasteiger partial charge >= 0.3 is 0 Å². The maximum atomic E-state index is 15.9. The van der Waals surface area contributed by atoms with Gasteiger partial charge in [0.2, 0.25) is 5.91 Å². The number of halogens is 2. The van der Waals surface area contributed by atoms with E-state index in [9.17, 15) is 9.59 Å². The Bertz CT molecular complexity index is 2400. The maximum Gasteiger partial charge on any atom is 0.257 e. The number of imidazole rings is 1. The third kappa shape index (κ3) is 7.65. The van der Waals surface area contributed by atoms with E-state index in [1.54, 1.807) is 29.0 Å². The average molecular weight is 788 g/mol. The Morgan fingerprint density at radius 3 is 2.47 bits per heavy atom. The third-order valence-corrected chi connectivity index (χ3v) is 12.2. The van der Waals surface area contributed by atoms with E-state index >= 15 is 8.78 Å². The topological polar surface area (TPSA) is 104 Å². The predicted molar refractivity (Wildman–Crippen MR) is 218 cm³/mol. The maximum absolute atomic E-state index is 15.9. The SMILES string of the molecule is O=C(Nc1nccs1)C(c1ncn2c1CCC2)n1cc2c(F)cc(-c3ccc(N4CCN(C(=O)CC5(F)CCN(C6=C/C=C\C=C/C=C6)CC5)CC4)cc3)cc2n1. The number of hydrogen-bond acceptors (Lipinski definition) is 8. The number of alkyl halides is 1. The molecule has 0 saturated carbocycles. The highest BCUT2D eigenvalue weighted by molar-refractivity contribution is 7.13. The van der Waals surface area contributed by atoms with Crippen molar-refractivity contribution in [2.45, 2.75) is 50.4 Å². The Morgan fingerprint density at radius 2 is 1.68 bits per heavy atom. The van der Waals surface area contributed by atoms with Crippen molar-refractivity contribution in [3.05, 3.63) is 126 Å². The van der Waals surface area contributed by atoms with Gasteiger partial charge < -0.3 is 19.3 Å². The smallest absolute Gasteiger partial charge is 0.257 e. The van der Waals surface area contributed by atoms with Crippen LogP contribution in [0.2, 0.25) is 0 Å². The highest BCUT2D eigenvalue weighted by atomic mass is 32.1. The molecule has 2 amide bonds. The highest BCUT2D eigenvalue weighted by Gasteiger charge is 2.39. The number of piperidine rings is 1. The van der Waals surface area contributed by atoms with Gasteiger partial charge in [0.05, 0.1) is 29.3 Å². The van der Waals surface area contributed by atoms with E-state index in [4.69, 9.17) is 5.10 Å². The summed E-state index contributed by atoms with van der Waals surface area (Å²) in [6, 6.07) is 10.3. The van der Waals surface area contributed by atoms with Gasteiger partial charge in [0, 0.05) is 80.7 Å². The molecule has 2 aromatic carbocycles. The quantitative estimate of drug-likeness (QED) is 0.170. The van der Waals surface area contributed by atoms with Crippen molar-refractivity contribution in [2.24, 2.45) is 0 Å². The van der Waals surface area contributed by atoms with Crippen LogP contribution >= 0.6 is 11.3 Å². The van der Waals surface area contributed by atoms with Crippen LogP contribution in [0.4, 0.5) is 19.6 Å². The van der Waals surface area contributed by atoms with Crippen molar-refractivity contribution in [1.82, 2.24) is 34.1 Å². The number of nitrogens with zero attached hydrogens (tertiary/aromatic N) is 8. The van der Waals surface area contributed by atoms with Crippen LogP contribution in [-0.4, -0.2) is 90.9 Å². The first-order valence-corrected chi connectivity index (χ1v) is 20.4. The van der Waals surface area contributed by atoms with Crippen molar-refractivity contribution in [1.29, 1.82) is 0 Å². The molecule has 1 unspecified atom stereocenters. The van der Waals surface area contributed by atoms with Gasteiger partial charge in [-0.05, 0) is 73.2 Å². The number of nitrogens with one attached hydrogen (secondary N) is 1. The number of thiazole rings is 1. The second-order valence-corrected chi connectivity index (χ2v) is 15.9. The number of carbonyl (C=O) groups excluding carboxylic acids is 2. The van der Waals surface area contributed by atoms with E-state index in [0.29, 0.717) is 79.4 Å². The summed E-state index contributed by atoms with van der Waals surface area (Å²) in [6.07, 6.45) is 21.3. The lowest BCUT2D eigenvalue weighted by Gasteiger charge is -2.40. The number of fused-ring (bicyclic) bond motifs is 2. The van der Waals surface area contributed by atoms with Gasteiger partial charge in [-0.25, -0.2) is 18.7 Å². The van der Waals surface area contributed by atoms with Crippen LogP contribution in [-0.2, 0) is 22.6 Å². The summed E-state index contributed by atoms with van der Waals surface area (Å²) in [5.41, 5.74) is 4.05. The predicted octanol–water partition coefficient (Wildman–Crippen LogP) is 7.08. The molecule has 1 atom stereocenters. The van der Waals surface area contributed by atoms with Gasteiger partial charge in [0.15, 0.2) is 11.2 Å². The zero-order valence-corrected chi connectivity index (χ0v) is 32.3. The van der Waals surface area contributed by atoms with Crippen LogP contribution in [0.1, 0.15) is 43.1 Å². The molecule has 0 radical (unpaired) electrons. The van der Waals surface area contributed by atoms with Gasteiger partial charge in [-0.1, -0.05) is 42.5 Å². The highest BCUT2D eigenvalue weighted by Crippen LogP contribution is 2.34. The summed E-state index contributed by atoms with van der Waals surface area (Å²) in [6.45, 7) is 4.31. The zero-order valence-electron chi connectivity index (χ0n) is 31.4. The summed E-state index contributed by atoms with van der Waals surface area (Å²) in [7, 11) is 0. The van der Waals surface area contributed by atoms with E-state index in [1.807, 2.05) is 72.9 Å². The molecule has 0 bridgehead atoms. The number of piperazine rings is 1. The minimum atomic E-state index is -1.50. The Labute approximate surface area is 333 Å². The molecule has 3 aromatic heterocycles. The fraction of sp³-hybridized carbons (Fsp3) is 0.326. The molecule has 0 spiro atoms. The standard InChI is InChI=1S/C43H43F2N9O2S/c44-35-25-31(26-36-34(35)28-54(49-36)40(41(56)48-42-46-16-24-57-42)39-37-9-6-17-53(37)29-47-39)30-10-12-33(13-11-30)51-20-22-52(23-21-51)38(55)27-43(45)14-18-50(19-15-43)32-7-4-2-1-3-5-8-32/h1-5,7-8,10-13,16,24-26,28-29,40H,6,9,14-15,17-23,27H2,(H,46,48,56)/b2-1-,3-1?,4-2?,5-3-,7-4?,8-5?,32-7?,32-8?. The van der Waals surface area contributed by atoms with Gasteiger partial charge in [-0.15, -0.1) is 11.3 Å². The molecule has 9 rings (SSSR count). The Balaban J connectivity index is 0.843. The molecule has 4 aliphatic rings. The van der Waals surface area contributed by atoms with E-state index in [-0.39, 0.29) is 18.2 Å². The molecule has 11 nitrogen and oxygen atoms in total. The van der Waals surface area contributed by atoms with Gasteiger partial charge in [-0.2, -0.15) is 5.10 Å². The molecule has 292 valence electrons. The second-order valence-electron chi connectivity index (χ2n) is 15.1. The van der Waals surface area contributed by atoms with Crippen LogP contribution < -0.4 is 10.2 Å². The summed E-state index contributed by atoms with van der Waals surface area (Å²) < 4.78 is 35.3. The summed E-state index contributed by atoms with van der Waals surface area (Å²) in [4.78, 5) is 42.1. The number of hydrogen-bond donors (Lipinski definition) is 1. The first-order chi connectivity index (χ1) is 27.8. The average Bonchev–Trinajstić information content (AvgIpc) is 4.03. The number of amides is 2. The molecule has 1 N–H and O–H groups in total. The number of carbonyl (C=O) groups is 2. The number of aryl methyl sites for hydroxylation is 1. The van der Waals surface area contributed by atoms with Gasteiger partial charge in [-0.3, -0.25) is 19.6 Å². The van der Waals surface area contributed by atoms with E-state index < -0.39 is 17.5 Å². The first kappa shape index (κ1) is 36.7. The van der Waals surface area contributed by atoms with Crippen LogP contribution in [0.3, 0.4) is 0 Å². The summed E-state index contributed by atoms with van der Waals surface area (Å²) in [5.74, 6) is -0.908. The Morgan fingerprint density at radius 1 is 0.895 bits per heavy atom. The zero-order chi connectivity index (χ0) is 38.9. The van der Waals surface area contributed by atoms with Crippen molar-refractivity contribution in [2.75, 3.05) is 49.5 Å². The second kappa shape index (κ2) is 15.6. The van der Waals surface area contributed by atoms with E-state index in [0.717, 1.165) is 42.0 Å². The normalized spacial score (nSPS) is 19.5. The summed E-state index contributed by atoms with van der Waals surface area (Å²) in [5, 5.41) is 10.2. The van der Waals surface area contributed by atoms with Crippen LogP contribution in [0.15, 0.2) is 109 Å². The molecule has 57 heavy (non-hydrogen) atoms.